The summed E-state index contributed by atoms with van der Waals surface area (Å²) in [6, 6.07) is 0.585. The maximum absolute atomic E-state index is 9.59. The molecule has 0 unspecified atom stereocenters. The third kappa shape index (κ3) is 7.03. The van der Waals surface area contributed by atoms with Crippen LogP contribution in [0.1, 0.15) is 47.5 Å². The first-order valence-electron chi connectivity index (χ1n) is 5.33. The van der Waals surface area contributed by atoms with E-state index in [1.807, 2.05) is 13.8 Å². The average Bonchev–Trinajstić information content (AvgIpc) is 1.95. The van der Waals surface area contributed by atoms with Gasteiger partial charge in [0.05, 0.1) is 5.60 Å². The van der Waals surface area contributed by atoms with E-state index in [2.05, 4.69) is 25.7 Å². The lowest BCUT2D eigenvalue weighted by Gasteiger charge is -2.28. The van der Waals surface area contributed by atoms with E-state index in [1.165, 1.54) is 6.42 Å². The Morgan fingerprint density at radius 3 is 2.08 bits per heavy atom. The number of nitrogens with zero attached hydrogens (tertiary/aromatic N) is 1. The average molecular weight is 187 g/mol. The number of hydrogen-bond acceptors (Lipinski definition) is 2. The first-order chi connectivity index (χ1) is 5.87. The van der Waals surface area contributed by atoms with Crippen molar-refractivity contribution < 1.29 is 5.11 Å². The van der Waals surface area contributed by atoms with Crippen LogP contribution in [0.5, 0.6) is 0 Å². The number of rotatable bonds is 6. The molecule has 0 aliphatic rings. The lowest BCUT2D eigenvalue weighted by molar-refractivity contribution is 0.0532. The van der Waals surface area contributed by atoms with Gasteiger partial charge in [-0.15, -0.1) is 0 Å². The van der Waals surface area contributed by atoms with Gasteiger partial charge in [0.2, 0.25) is 0 Å². The van der Waals surface area contributed by atoms with Gasteiger partial charge in [0, 0.05) is 12.6 Å². The molecule has 0 aliphatic carbocycles. The molecule has 0 aromatic carbocycles. The fourth-order valence-corrected chi connectivity index (χ4v) is 1.33. The van der Waals surface area contributed by atoms with E-state index >= 15 is 0 Å². The van der Waals surface area contributed by atoms with Crippen molar-refractivity contribution in [1.29, 1.82) is 0 Å². The van der Waals surface area contributed by atoms with Crippen molar-refractivity contribution >= 4 is 0 Å². The van der Waals surface area contributed by atoms with E-state index in [9.17, 15) is 5.11 Å². The van der Waals surface area contributed by atoms with Gasteiger partial charge >= 0.3 is 0 Å². The van der Waals surface area contributed by atoms with Gasteiger partial charge in [-0.25, -0.2) is 0 Å². The molecular weight excluding hydrogens is 162 g/mol. The molecule has 0 heterocycles. The first kappa shape index (κ1) is 12.9. The van der Waals surface area contributed by atoms with E-state index in [4.69, 9.17) is 0 Å². The van der Waals surface area contributed by atoms with Gasteiger partial charge in [-0.3, -0.25) is 0 Å². The lowest BCUT2D eigenvalue weighted by Crippen LogP contribution is -2.36. The predicted molar refractivity (Wildman–Crippen MR) is 57.9 cm³/mol. The molecule has 0 aliphatic heterocycles. The summed E-state index contributed by atoms with van der Waals surface area (Å²) in [5.41, 5.74) is -0.527. The molecule has 0 bridgehead atoms. The molecule has 0 spiro atoms. The van der Waals surface area contributed by atoms with Gasteiger partial charge in [-0.1, -0.05) is 6.92 Å². The summed E-state index contributed by atoms with van der Waals surface area (Å²) in [6.07, 6.45) is 2.04. The largest absolute Gasteiger partial charge is 0.390 e. The Bertz CT molecular complexity index is 127. The maximum Gasteiger partial charge on any atom is 0.0603 e. The summed E-state index contributed by atoms with van der Waals surface area (Å²) in [4.78, 5) is 2.41. The summed E-state index contributed by atoms with van der Waals surface area (Å²) in [5, 5.41) is 9.59. The van der Waals surface area contributed by atoms with Gasteiger partial charge in [-0.2, -0.15) is 0 Å². The highest BCUT2D eigenvalue weighted by Crippen LogP contribution is 2.10. The first-order valence-corrected chi connectivity index (χ1v) is 5.33. The van der Waals surface area contributed by atoms with Crippen molar-refractivity contribution in [2.75, 3.05) is 13.1 Å². The van der Waals surface area contributed by atoms with Crippen LogP contribution in [0, 0.1) is 0 Å². The second kappa shape index (κ2) is 5.61. The highest BCUT2D eigenvalue weighted by molar-refractivity contribution is 4.70. The quantitative estimate of drug-likeness (QED) is 0.689. The predicted octanol–water partition coefficient (Wildman–Crippen LogP) is 2.27. The van der Waals surface area contributed by atoms with E-state index in [-0.39, 0.29) is 0 Å². The lowest BCUT2D eigenvalue weighted by atomic mass is 10.0. The van der Waals surface area contributed by atoms with Crippen molar-refractivity contribution in [3.8, 4) is 0 Å². The molecule has 2 heteroatoms. The van der Waals surface area contributed by atoms with E-state index in [0.29, 0.717) is 6.04 Å². The monoisotopic (exact) mass is 187 g/mol. The van der Waals surface area contributed by atoms with E-state index < -0.39 is 5.60 Å². The highest BCUT2D eigenvalue weighted by Gasteiger charge is 2.15. The van der Waals surface area contributed by atoms with Crippen LogP contribution in [0.2, 0.25) is 0 Å². The Labute approximate surface area is 82.9 Å². The normalized spacial score (nSPS) is 12.9. The van der Waals surface area contributed by atoms with Gasteiger partial charge in [0.15, 0.2) is 0 Å². The molecule has 0 aromatic heterocycles. The van der Waals surface area contributed by atoms with E-state index in [0.717, 1.165) is 19.5 Å². The molecule has 1 N–H and O–H groups in total. The minimum absolute atomic E-state index is 0.527. The Balaban J connectivity index is 3.82. The third-order valence-electron chi connectivity index (χ3n) is 2.25. The molecular formula is C11H25NO. The van der Waals surface area contributed by atoms with Gasteiger partial charge < -0.3 is 10.0 Å². The van der Waals surface area contributed by atoms with Crippen molar-refractivity contribution in [3.05, 3.63) is 0 Å². The topological polar surface area (TPSA) is 23.5 Å². The van der Waals surface area contributed by atoms with Crippen molar-refractivity contribution in [2.24, 2.45) is 0 Å². The van der Waals surface area contributed by atoms with Crippen LogP contribution in [-0.2, 0) is 0 Å². The van der Waals surface area contributed by atoms with Crippen LogP contribution < -0.4 is 0 Å². The van der Waals surface area contributed by atoms with E-state index in [1.54, 1.807) is 0 Å². The Morgan fingerprint density at radius 1 is 1.23 bits per heavy atom. The second-order valence-electron chi connectivity index (χ2n) is 4.69. The molecule has 0 radical (unpaired) electrons. The Morgan fingerprint density at radius 2 is 1.77 bits per heavy atom. The fraction of sp³-hybridized carbons (Fsp3) is 1.00. The molecule has 0 atom stereocenters. The third-order valence-corrected chi connectivity index (χ3v) is 2.25. The maximum atomic E-state index is 9.59. The van der Waals surface area contributed by atoms with Crippen LogP contribution in [0.4, 0.5) is 0 Å². The fourth-order valence-electron chi connectivity index (χ4n) is 1.33. The van der Waals surface area contributed by atoms with Crippen molar-refractivity contribution in [1.82, 2.24) is 4.90 Å². The minimum Gasteiger partial charge on any atom is -0.390 e. The summed E-state index contributed by atoms with van der Waals surface area (Å²) in [5.74, 6) is 0. The molecule has 13 heavy (non-hydrogen) atoms. The number of aliphatic hydroxyl groups is 1. The summed E-state index contributed by atoms with van der Waals surface area (Å²) < 4.78 is 0. The minimum atomic E-state index is -0.527. The van der Waals surface area contributed by atoms with Crippen LogP contribution >= 0.6 is 0 Å². The van der Waals surface area contributed by atoms with Crippen LogP contribution in [0.3, 0.4) is 0 Å². The standard InChI is InChI=1S/C11H25NO/c1-6-8-12(10(2)3)9-7-11(4,5)13/h10,13H,6-9H2,1-5H3. The van der Waals surface area contributed by atoms with Crippen LogP contribution in [-0.4, -0.2) is 34.7 Å². The summed E-state index contributed by atoms with van der Waals surface area (Å²) in [6.45, 7) is 12.5. The molecule has 0 saturated heterocycles. The molecule has 0 rings (SSSR count). The molecule has 80 valence electrons. The van der Waals surface area contributed by atoms with Crippen LogP contribution in [0.15, 0.2) is 0 Å². The number of hydrogen-bond donors (Lipinski definition) is 1. The Hall–Kier alpha value is -0.0800. The molecule has 0 saturated carbocycles. The molecule has 0 amide bonds. The van der Waals surface area contributed by atoms with Gasteiger partial charge in [-0.05, 0) is 47.1 Å². The highest BCUT2D eigenvalue weighted by atomic mass is 16.3. The zero-order chi connectivity index (χ0) is 10.5. The van der Waals surface area contributed by atoms with Crippen molar-refractivity contribution in [2.45, 2.75) is 59.1 Å². The molecule has 2 nitrogen and oxygen atoms in total. The molecule has 0 fully saturated rings. The summed E-state index contributed by atoms with van der Waals surface area (Å²) >= 11 is 0. The van der Waals surface area contributed by atoms with Gasteiger partial charge in [0.1, 0.15) is 0 Å². The molecule has 0 aromatic rings. The SMILES string of the molecule is CCCN(CCC(C)(C)O)C(C)C. The van der Waals surface area contributed by atoms with Gasteiger partial charge in [0.25, 0.3) is 0 Å². The summed E-state index contributed by atoms with van der Waals surface area (Å²) in [7, 11) is 0. The second-order valence-corrected chi connectivity index (χ2v) is 4.69. The zero-order valence-corrected chi connectivity index (χ0v) is 9.80. The smallest absolute Gasteiger partial charge is 0.0603 e. The van der Waals surface area contributed by atoms with Crippen molar-refractivity contribution in [3.63, 3.8) is 0 Å². The zero-order valence-electron chi connectivity index (χ0n) is 9.80. The van der Waals surface area contributed by atoms with Crippen LogP contribution in [0.25, 0.3) is 0 Å². The Kier molecular flexibility index (Phi) is 5.57.